The van der Waals surface area contributed by atoms with E-state index < -0.39 is 0 Å². The number of nitrogens with zero attached hydrogens (tertiary/aromatic N) is 3. The summed E-state index contributed by atoms with van der Waals surface area (Å²) < 4.78 is 11.1. The zero-order valence-corrected chi connectivity index (χ0v) is 15.1. The highest BCUT2D eigenvalue weighted by Gasteiger charge is 2.21. The third-order valence-corrected chi connectivity index (χ3v) is 4.49. The Balaban J connectivity index is 1.72. The molecule has 23 heavy (non-hydrogen) atoms. The summed E-state index contributed by atoms with van der Waals surface area (Å²) in [5.74, 6) is 1.80. The molecule has 1 saturated heterocycles. The van der Waals surface area contributed by atoms with Crippen LogP contribution in [0.1, 0.15) is 26.7 Å². The number of likely N-dealkylation sites (N-methyl/N-ethyl adjacent to an activating group) is 1. The largest absolute Gasteiger partial charge is 0.379 e. The molecule has 0 radical (unpaired) electrons. The minimum atomic E-state index is 0.451. The van der Waals surface area contributed by atoms with Gasteiger partial charge in [0.1, 0.15) is 0 Å². The zero-order valence-electron chi connectivity index (χ0n) is 15.1. The van der Waals surface area contributed by atoms with Gasteiger partial charge in [-0.05, 0) is 32.6 Å². The van der Waals surface area contributed by atoms with Gasteiger partial charge in [0.2, 0.25) is 0 Å². The van der Waals surface area contributed by atoms with E-state index >= 15 is 0 Å². The number of rotatable bonds is 9. The number of hydrogen-bond donors (Lipinski definition) is 1. The van der Waals surface area contributed by atoms with Crippen LogP contribution in [-0.2, 0) is 9.47 Å². The number of morpholine rings is 1. The van der Waals surface area contributed by atoms with Gasteiger partial charge in [-0.15, -0.1) is 0 Å². The fraction of sp³-hybridized carbons (Fsp3) is 0.941. The third kappa shape index (κ3) is 7.06. The van der Waals surface area contributed by atoms with E-state index in [9.17, 15) is 0 Å². The van der Waals surface area contributed by atoms with E-state index in [-0.39, 0.29) is 0 Å². The van der Waals surface area contributed by atoms with Gasteiger partial charge in [-0.25, -0.2) is 0 Å². The van der Waals surface area contributed by atoms with Gasteiger partial charge in [0.05, 0.1) is 26.4 Å². The van der Waals surface area contributed by atoms with Crippen molar-refractivity contribution in [3.05, 3.63) is 0 Å². The second-order valence-corrected chi connectivity index (χ2v) is 6.63. The van der Waals surface area contributed by atoms with Crippen LogP contribution in [0, 0.1) is 5.92 Å². The lowest BCUT2D eigenvalue weighted by Gasteiger charge is -2.31. The summed E-state index contributed by atoms with van der Waals surface area (Å²) in [4.78, 5) is 9.43. The summed E-state index contributed by atoms with van der Waals surface area (Å²) in [5.41, 5.74) is 0. The Kier molecular flexibility index (Phi) is 8.12. The zero-order chi connectivity index (χ0) is 16.5. The molecule has 6 heteroatoms. The molecule has 1 atom stereocenters. The van der Waals surface area contributed by atoms with Crippen molar-refractivity contribution in [1.29, 1.82) is 0 Å². The molecule has 1 saturated carbocycles. The van der Waals surface area contributed by atoms with E-state index in [1.807, 2.05) is 0 Å². The van der Waals surface area contributed by atoms with E-state index in [1.165, 1.54) is 12.8 Å². The Labute approximate surface area is 141 Å². The predicted octanol–water partition coefficient (Wildman–Crippen LogP) is 1.03. The van der Waals surface area contributed by atoms with Gasteiger partial charge in [0.25, 0.3) is 0 Å². The molecule has 0 bridgehead atoms. The molecule has 1 aliphatic carbocycles. The van der Waals surface area contributed by atoms with Crippen LogP contribution in [0.3, 0.4) is 0 Å². The van der Waals surface area contributed by atoms with Gasteiger partial charge in [0, 0.05) is 45.9 Å². The molecule has 6 nitrogen and oxygen atoms in total. The average Bonchev–Trinajstić information content (AvgIpc) is 3.40. The molecule has 1 aliphatic heterocycles. The average molecular weight is 326 g/mol. The van der Waals surface area contributed by atoms with Crippen molar-refractivity contribution in [2.75, 3.05) is 66.2 Å². The summed E-state index contributed by atoms with van der Waals surface area (Å²) in [6.07, 6.45) is 2.69. The summed E-state index contributed by atoms with van der Waals surface area (Å²) in [7, 11) is 2.08. The maximum Gasteiger partial charge on any atom is 0.193 e. The van der Waals surface area contributed by atoms with Crippen molar-refractivity contribution in [3.63, 3.8) is 0 Å². The normalized spacial score (nSPS) is 21.3. The molecule has 0 aromatic carbocycles. The first-order valence-electron chi connectivity index (χ1n) is 9.09. The van der Waals surface area contributed by atoms with Crippen molar-refractivity contribution in [1.82, 2.24) is 15.1 Å². The molecule has 1 N–H and O–H groups in total. The van der Waals surface area contributed by atoms with Crippen LogP contribution < -0.4 is 5.32 Å². The van der Waals surface area contributed by atoms with E-state index in [0.717, 1.165) is 71.0 Å². The first-order chi connectivity index (χ1) is 11.2. The molecular weight excluding hydrogens is 292 g/mol. The van der Waals surface area contributed by atoms with Gasteiger partial charge >= 0.3 is 0 Å². The molecule has 0 aromatic heterocycles. The Morgan fingerprint density at radius 3 is 2.78 bits per heavy atom. The van der Waals surface area contributed by atoms with Gasteiger partial charge in [0.15, 0.2) is 5.96 Å². The van der Waals surface area contributed by atoms with E-state index in [0.29, 0.717) is 6.04 Å². The second-order valence-electron chi connectivity index (χ2n) is 6.63. The van der Waals surface area contributed by atoms with E-state index in [1.54, 1.807) is 0 Å². The first-order valence-corrected chi connectivity index (χ1v) is 9.09. The Morgan fingerprint density at radius 2 is 2.13 bits per heavy atom. The van der Waals surface area contributed by atoms with Crippen molar-refractivity contribution >= 4 is 5.96 Å². The predicted molar refractivity (Wildman–Crippen MR) is 94.0 cm³/mol. The van der Waals surface area contributed by atoms with Gasteiger partial charge in [-0.1, -0.05) is 0 Å². The van der Waals surface area contributed by atoms with Crippen molar-refractivity contribution in [2.45, 2.75) is 32.7 Å². The lowest BCUT2D eigenvalue weighted by Crippen LogP contribution is -2.45. The van der Waals surface area contributed by atoms with E-state index in [4.69, 9.17) is 14.5 Å². The first kappa shape index (κ1) is 18.5. The summed E-state index contributed by atoms with van der Waals surface area (Å²) in [6.45, 7) is 12.3. The van der Waals surface area contributed by atoms with Crippen LogP contribution in [0.25, 0.3) is 0 Å². The molecule has 0 amide bonds. The minimum Gasteiger partial charge on any atom is -0.379 e. The molecular formula is C17H34N4O2. The van der Waals surface area contributed by atoms with Crippen LogP contribution in [0.2, 0.25) is 0 Å². The summed E-state index contributed by atoms with van der Waals surface area (Å²) in [6, 6.07) is 0.451. The van der Waals surface area contributed by atoms with Crippen LogP contribution in [0.4, 0.5) is 0 Å². The highest BCUT2D eigenvalue weighted by atomic mass is 16.5. The van der Waals surface area contributed by atoms with E-state index in [2.05, 4.69) is 36.0 Å². The summed E-state index contributed by atoms with van der Waals surface area (Å²) in [5, 5.41) is 3.38. The maximum atomic E-state index is 5.73. The van der Waals surface area contributed by atoms with Gasteiger partial charge < -0.3 is 19.7 Å². The number of guanidine groups is 1. The van der Waals surface area contributed by atoms with Gasteiger partial charge in [-0.3, -0.25) is 9.89 Å². The smallest absolute Gasteiger partial charge is 0.193 e. The molecule has 1 heterocycles. The Hall–Kier alpha value is -0.850. The molecule has 134 valence electrons. The standard InChI is InChI=1S/C17H34N4O2/c1-4-18-17(20(3)7-10-23-14-16-5-6-16)19-13-15(2)21-8-11-22-12-9-21/h15-16H,4-14H2,1-3H3,(H,18,19). The lowest BCUT2D eigenvalue weighted by molar-refractivity contribution is 0.0220. The van der Waals surface area contributed by atoms with Crippen molar-refractivity contribution < 1.29 is 9.47 Å². The molecule has 2 rings (SSSR count). The molecule has 2 aliphatic rings. The molecule has 0 aromatic rings. The molecule has 2 fully saturated rings. The highest BCUT2D eigenvalue weighted by molar-refractivity contribution is 5.79. The second kappa shape index (κ2) is 10.1. The topological polar surface area (TPSA) is 49.3 Å². The monoisotopic (exact) mass is 326 g/mol. The maximum absolute atomic E-state index is 5.73. The van der Waals surface area contributed by atoms with Crippen LogP contribution in [0.15, 0.2) is 4.99 Å². The van der Waals surface area contributed by atoms with Crippen LogP contribution >= 0.6 is 0 Å². The highest BCUT2D eigenvalue weighted by Crippen LogP contribution is 2.28. The number of ether oxygens (including phenoxy) is 2. The SMILES string of the molecule is CCNC(=NCC(C)N1CCOCC1)N(C)CCOCC1CC1. The number of nitrogens with one attached hydrogen (secondary N) is 1. The number of aliphatic imine (C=N–C) groups is 1. The quantitative estimate of drug-likeness (QED) is 0.390. The summed E-state index contributed by atoms with van der Waals surface area (Å²) >= 11 is 0. The lowest BCUT2D eigenvalue weighted by atomic mass is 10.2. The fourth-order valence-electron chi connectivity index (χ4n) is 2.66. The Morgan fingerprint density at radius 1 is 1.39 bits per heavy atom. The minimum absolute atomic E-state index is 0.451. The van der Waals surface area contributed by atoms with Gasteiger partial charge in [-0.2, -0.15) is 0 Å². The third-order valence-electron chi connectivity index (χ3n) is 4.49. The van der Waals surface area contributed by atoms with Crippen molar-refractivity contribution in [3.8, 4) is 0 Å². The fourth-order valence-corrected chi connectivity index (χ4v) is 2.66. The number of hydrogen-bond acceptors (Lipinski definition) is 4. The van der Waals surface area contributed by atoms with Crippen molar-refractivity contribution in [2.24, 2.45) is 10.9 Å². The molecule has 0 spiro atoms. The molecule has 1 unspecified atom stereocenters. The Bertz CT molecular complexity index is 355. The van der Waals surface area contributed by atoms with Crippen LogP contribution in [-0.4, -0.2) is 88.0 Å². The van der Waals surface area contributed by atoms with Crippen LogP contribution in [0.5, 0.6) is 0 Å².